The molecule has 0 aliphatic carbocycles. The van der Waals surface area contributed by atoms with E-state index in [0.717, 1.165) is 12.8 Å². The molecule has 0 bridgehead atoms. The Morgan fingerprint density at radius 2 is 1.46 bits per heavy atom. The minimum atomic E-state index is -0.138. The summed E-state index contributed by atoms with van der Waals surface area (Å²) in [5, 5.41) is 0. The maximum atomic E-state index is 5.54. The zero-order chi connectivity index (χ0) is 9.36. The van der Waals surface area contributed by atoms with Crippen LogP contribution in [0.15, 0.2) is 24.7 Å². The Morgan fingerprint density at radius 1 is 1.00 bits per heavy atom. The van der Waals surface area contributed by atoms with E-state index in [0.29, 0.717) is 0 Å². The standard InChI is InChI=1S/C10H14O2S/c1-9(5-3-7-11-9)13-10(2)6-4-8-12-10/h3-4,7-8H,5-6H2,1-2H3. The number of thioether (sulfide) groups is 1. The lowest BCUT2D eigenvalue weighted by molar-refractivity contribution is 0.123. The molecule has 2 nitrogen and oxygen atoms in total. The second-order valence-electron chi connectivity index (χ2n) is 3.76. The van der Waals surface area contributed by atoms with Crippen LogP contribution >= 0.6 is 11.8 Å². The molecule has 13 heavy (non-hydrogen) atoms. The molecular weight excluding hydrogens is 184 g/mol. The highest BCUT2D eigenvalue weighted by Gasteiger charge is 2.40. The normalized spacial score (nSPS) is 42.0. The first-order valence-corrected chi connectivity index (χ1v) is 5.29. The van der Waals surface area contributed by atoms with Gasteiger partial charge in [0, 0.05) is 12.8 Å². The topological polar surface area (TPSA) is 18.5 Å². The Bertz CT molecular complexity index is 216. The maximum Gasteiger partial charge on any atom is 0.158 e. The molecule has 0 radical (unpaired) electrons. The molecule has 72 valence electrons. The number of hydrogen-bond donors (Lipinski definition) is 0. The molecule has 0 aromatic rings. The van der Waals surface area contributed by atoms with E-state index in [1.54, 1.807) is 24.3 Å². The molecule has 0 aromatic carbocycles. The van der Waals surface area contributed by atoms with Crippen molar-refractivity contribution in [3.8, 4) is 0 Å². The predicted octanol–water partition coefficient (Wildman–Crippen LogP) is 3.02. The van der Waals surface area contributed by atoms with Gasteiger partial charge < -0.3 is 9.47 Å². The molecular formula is C10H14O2S. The summed E-state index contributed by atoms with van der Waals surface area (Å²) in [6, 6.07) is 0. The summed E-state index contributed by atoms with van der Waals surface area (Å²) in [7, 11) is 0. The summed E-state index contributed by atoms with van der Waals surface area (Å²) >= 11 is 1.75. The quantitative estimate of drug-likeness (QED) is 0.679. The lowest BCUT2D eigenvalue weighted by Crippen LogP contribution is -2.29. The van der Waals surface area contributed by atoms with E-state index in [-0.39, 0.29) is 9.87 Å². The Hall–Kier alpha value is -0.570. The van der Waals surface area contributed by atoms with Gasteiger partial charge in [0.25, 0.3) is 0 Å². The number of hydrogen-bond acceptors (Lipinski definition) is 3. The van der Waals surface area contributed by atoms with Crippen molar-refractivity contribution in [2.45, 2.75) is 36.6 Å². The van der Waals surface area contributed by atoms with Gasteiger partial charge in [-0.2, -0.15) is 0 Å². The molecule has 2 rings (SSSR count). The molecule has 0 spiro atoms. The van der Waals surface area contributed by atoms with Crippen molar-refractivity contribution in [2.75, 3.05) is 0 Å². The van der Waals surface area contributed by atoms with Crippen LogP contribution in [-0.2, 0) is 9.47 Å². The molecule has 0 saturated heterocycles. The lowest BCUT2D eigenvalue weighted by atomic mass is 10.3. The van der Waals surface area contributed by atoms with E-state index in [1.807, 2.05) is 0 Å². The SMILES string of the molecule is CC1(SC2(C)CC=CO2)CC=CO1. The monoisotopic (exact) mass is 198 g/mol. The van der Waals surface area contributed by atoms with Crippen molar-refractivity contribution in [2.24, 2.45) is 0 Å². The van der Waals surface area contributed by atoms with Crippen LogP contribution in [0.5, 0.6) is 0 Å². The average molecular weight is 198 g/mol. The summed E-state index contributed by atoms with van der Waals surface area (Å²) in [6.45, 7) is 4.20. The molecule has 2 aliphatic rings. The highest BCUT2D eigenvalue weighted by Crippen LogP contribution is 2.46. The van der Waals surface area contributed by atoms with E-state index >= 15 is 0 Å². The third-order valence-corrected chi connectivity index (χ3v) is 3.63. The highest BCUT2D eigenvalue weighted by molar-refractivity contribution is 8.01. The van der Waals surface area contributed by atoms with Crippen LogP contribution in [0.2, 0.25) is 0 Å². The lowest BCUT2D eigenvalue weighted by Gasteiger charge is -2.32. The summed E-state index contributed by atoms with van der Waals surface area (Å²) in [6.07, 6.45) is 9.57. The van der Waals surface area contributed by atoms with Gasteiger partial charge in [-0.25, -0.2) is 0 Å². The first-order chi connectivity index (χ1) is 6.12. The third-order valence-electron chi connectivity index (χ3n) is 2.24. The molecule has 0 saturated carbocycles. The van der Waals surface area contributed by atoms with Crippen LogP contribution in [0.3, 0.4) is 0 Å². The van der Waals surface area contributed by atoms with E-state index in [1.165, 1.54) is 0 Å². The minimum absolute atomic E-state index is 0.138. The van der Waals surface area contributed by atoms with Crippen molar-refractivity contribution in [1.29, 1.82) is 0 Å². The van der Waals surface area contributed by atoms with Crippen LogP contribution in [-0.4, -0.2) is 9.87 Å². The second kappa shape index (κ2) is 2.98. The van der Waals surface area contributed by atoms with Crippen LogP contribution < -0.4 is 0 Å². The fourth-order valence-corrected chi connectivity index (χ4v) is 3.07. The van der Waals surface area contributed by atoms with Gasteiger partial charge in [0.1, 0.15) is 0 Å². The van der Waals surface area contributed by atoms with E-state index in [4.69, 9.17) is 9.47 Å². The van der Waals surface area contributed by atoms with E-state index < -0.39 is 0 Å². The average Bonchev–Trinajstić information content (AvgIpc) is 2.60. The van der Waals surface area contributed by atoms with Gasteiger partial charge in [0.05, 0.1) is 12.5 Å². The predicted molar refractivity (Wildman–Crippen MR) is 54.1 cm³/mol. The van der Waals surface area contributed by atoms with Gasteiger partial charge in [-0.05, 0) is 26.0 Å². The van der Waals surface area contributed by atoms with Crippen LogP contribution in [0.4, 0.5) is 0 Å². The second-order valence-corrected chi connectivity index (χ2v) is 5.69. The van der Waals surface area contributed by atoms with Crippen molar-refractivity contribution in [3.05, 3.63) is 24.7 Å². The molecule has 3 heteroatoms. The molecule has 2 atom stereocenters. The molecule has 2 unspecified atom stereocenters. The summed E-state index contributed by atoms with van der Waals surface area (Å²) in [5.74, 6) is 0. The van der Waals surface area contributed by atoms with Gasteiger partial charge in [-0.3, -0.25) is 0 Å². The minimum Gasteiger partial charge on any atom is -0.484 e. The smallest absolute Gasteiger partial charge is 0.158 e. The zero-order valence-corrected chi connectivity index (χ0v) is 8.76. The van der Waals surface area contributed by atoms with Crippen molar-refractivity contribution >= 4 is 11.8 Å². The first kappa shape index (κ1) is 9.00. The van der Waals surface area contributed by atoms with Crippen LogP contribution in [0, 0.1) is 0 Å². The molecule has 0 fully saturated rings. The number of rotatable bonds is 2. The first-order valence-electron chi connectivity index (χ1n) is 4.48. The van der Waals surface area contributed by atoms with Gasteiger partial charge in [-0.15, -0.1) is 0 Å². The number of ether oxygens (including phenoxy) is 2. The molecule has 0 aromatic heterocycles. The highest BCUT2D eigenvalue weighted by atomic mass is 32.2. The van der Waals surface area contributed by atoms with Crippen LogP contribution in [0.1, 0.15) is 26.7 Å². The molecule has 0 amide bonds. The van der Waals surface area contributed by atoms with E-state index in [2.05, 4.69) is 26.0 Å². The fraction of sp³-hybridized carbons (Fsp3) is 0.600. The third kappa shape index (κ3) is 1.85. The summed E-state index contributed by atoms with van der Waals surface area (Å²) < 4.78 is 11.1. The molecule has 2 aliphatic heterocycles. The largest absolute Gasteiger partial charge is 0.484 e. The van der Waals surface area contributed by atoms with Gasteiger partial charge in [0.2, 0.25) is 0 Å². The Balaban J connectivity index is 1.97. The Labute approximate surface area is 83.0 Å². The Kier molecular flexibility index (Phi) is 2.06. The van der Waals surface area contributed by atoms with Gasteiger partial charge in [0.15, 0.2) is 9.87 Å². The van der Waals surface area contributed by atoms with E-state index in [9.17, 15) is 0 Å². The van der Waals surface area contributed by atoms with Crippen LogP contribution in [0.25, 0.3) is 0 Å². The summed E-state index contributed by atoms with van der Waals surface area (Å²) in [5.41, 5.74) is 0. The van der Waals surface area contributed by atoms with Gasteiger partial charge >= 0.3 is 0 Å². The Morgan fingerprint density at radius 3 is 1.77 bits per heavy atom. The summed E-state index contributed by atoms with van der Waals surface area (Å²) in [4.78, 5) is -0.276. The maximum absolute atomic E-state index is 5.54. The van der Waals surface area contributed by atoms with Crippen molar-refractivity contribution < 1.29 is 9.47 Å². The fourth-order valence-electron chi connectivity index (χ4n) is 1.59. The molecule has 2 heterocycles. The molecule has 0 N–H and O–H groups in total. The zero-order valence-electron chi connectivity index (χ0n) is 7.95. The van der Waals surface area contributed by atoms with Gasteiger partial charge in [-0.1, -0.05) is 11.8 Å². The van der Waals surface area contributed by atoms with Crippen molar-refractivity contribution in [1.82, 2.24) is 0 Å². The van der Waals surface area contributed by atoms with Crippen molar-refractivity contribution in [3.63, 3.8) is 0 Å².